The van der Waals surface area contributed by atoms with Gasteiger partial charge in [0.1, 0.15) is 0 Å². The van der Waals surface area contributed by atoms with Crippen LogP contribution in [0.1, 0.15) is 15.9 Å². The molecule has 106 valence electrons. The molecule has 3 rings (SSSR count). The van der Waals surface area contributed by atoms with Crippen LogP contribution in [0.5, 0.6) is 5.75 Å². The third-order valence-corrected chi connectivity index (χ3v) is 3.56. The van der Waals surface area contributed by atoms with Gasteiger partial charge in [-0.1, -0.05) is 18.2 Å². The van der Waals surface area contributed by atoms with Crippen LogP contribution in [0.2, 0.25) is 0 Å². The Morgan fingerprint density at radius 2 is 1.95 bits per heavy atom. The van der Waals surface area contributed by atoms with Crippen molar-refractivity contribution in [1.82, 2.24) is 4.57 Å². The predicted molar refractivity (Wildman–Crippen MR) is 79.3 cm³/mol. The number of para-hydroxylation sites is 1. The van der Waals surface area contributed by atoms with Crippen LogP contribution >= 0.6 is 0 Å². The zero-order valence-electron chi connectivity index (χ0n) is 11.8. The first-order chi connectivity index (χ1) is 10.1. The maximum Gasteiger partial charge on any atom is 0.195 e. The number of hydrogen-bond acceptors (Lipinski definition) is 2. The number of ether oxygens (including phenoxy) is 1. The Bertz CT molecular complexity index is 836. The van der Waals surface area contributed by atoms with Crippen LogP contribution in [0.3, 0.4) is 0 Å². The molecule has 21 heavy (non-hydrogen) atoms. The molecular formula is C17H14FNO2. The van der Waals surface area contributed by atoms with Crippen molar-refractivity contribution in [2.75, 3.05) is 7.11 Å². The number of rotatable bonds is 3. The van der Waals surface area contributed by atoms with Crippen LogP contribution in [0, 0.1) is 5.82 Å². The Labute approximate surface area is 121 Å². The molecule has 0 atom stereocenters. The molecule has 0 aliphatic rings. The quantitative estimate of drug-likeness (QED) is 0.688. The van der Waals surface area contributed by atoms with Crippen molar-refractivity contribution in [2.45, 2.75) is 0 Å². The second kappa shape index (κ2) is 5.05. The highest BCUT2D eigenvalue weighted by molar-refractivity contribution is 6.16. The van der Waals surface area contributed by atoms with Gasteiger partial charge in [0, 0.05) is 35.3 Å². The maximum atomic E-state index is 13.8. The number of methoxy groups -OCH3 is 1. The molecule has 4 heteroatoms. The van der Waals surface area contributed by atoms with Gasteiger partial charge >= 0.3 is 0 Å². The minimum absolute atomic E-state index is 0.129. The van der Waals surface area contributed by atoms with E-state index in [1.807, 2.05) is 35.9 Å². The molecule has 0 aliphatic carbocycles. The molecule has 0 amide bonds. The standard InChI is InChI=1S/C17H14FNO2/c1-19-10-13(12-5-3-4-6-15(12)19)17(20)11-7-8-16(21-2)14(18)9-11/h3-10H,1-2H3. The summed E-state index contributed by atoms with van der Waals surface area (Å²) in [6.07, 6.45) is 1.77. The lowest BCUT2D eigenvalue weighted by atomic mass is 10.0. The SMILES string of the molecule is COc1ccc(C(=O)c2cn(C)c3ccccc23)cc1F. The maximum absolute atomic E-state index is 13.8. The second-order valence-corrected chi connectivity index (χ2v) is 4.85. The molecule has 0 radical (unpaired) electrons. The zero-order chi connectivity index (χ0) is 15.0. The van der Waals surface area contributed by atoms with Gasteiger partial charge in [0.25, 0.3) is 0 Å². The smallest absolute Gasteiger partial charge is 0.195 e. The number of ketones is 1. The average Bonchev–Trinajstić information content (AvgIpc) is 2.84. The number of benzene rings is 2. The Kier molecular flexibility index (Phi) is 3.22. The molecular weight excluding hydrogens is 269 g/mol. The van der Waals surface area contributed by atoms with E-state index in [0.29, 0.717) is 11.1 Å². The first-order valence-electron chi connectivity index (χ1n) is 6.54. The summed E-state index contributed by atoms with van der Waals surface area (Å²) in [4.78, 5) is 12.6. The monoisotopic (exact) mass is 283 g/mol. The number of nitrogens with zero attached hydrogens (tertiary/aromatic N) is 1. The molecule has 1 heterocycles. The fourth-order valence-corrected chi connectivity index (χ4v) is 2.49. The summed E-state index contributed by atoms with van der Waals surface area (Å²) in [7, 11) is 3.28. The van der Waals surface area contributed by atoms with Crippen LogP contribution in [-0.4, -0.2) is 17.5 Å². The van der Waals surface area contributed by atoms with Gasteiger partial charge in [-0.15, -0.1) is 0 Å². The van der Waals surface area contributed by atoms with Gasteiger partial charge in [0.2, 0.25) is 0 Å². The number of aryl methyl sites for hydroxylation is 1. The molecule has 2 aromatic carbocycles. The lowest BCUT2D eigenvalue weighted by molar-refractivity contribution is 0.103. The lowest BCUT2D eigenvalue weighted by Gasteiger charge is -2.04. The second-order valence-electron chi connectivity index (χ2n) is 4.85. The summed E-state index contributed by atoms with van der Waals surface area (Å²) in [6, 6.07) is 11.9. The topological polar surface area (TPSA) is 31.2 Å². The molecule has 1 aromatic heterocycles. The van der Waals surface area contributed by atoms with Gasteiger partial charge in [-0.05, 0) is 24.3 Å². The molecule has 0 saturated carbocycles. The van der Waals surface area contributed by atoms with Gasteiger partial charge in [0.15, 0.2) is 17.3 Å². The highest BCUT2D eigenvalue weighted by Gasteiger charge is 2.17. The van der Waals surface area contributed by atoms with E-state index in [0.717, 1.165) is 10.9 Å². The highest BCUT2D eigenvalue weighted by atomic mass is 19.1. The van der Waals surface area contributed by atoms with Gasteiger partial charge in [-0.3, -0.25) is 4.79 Å². The van der Waals surface area contributed by atoms with E-state index in [1.165, 1.54) is 19.2 Å². The first kappa shape index (κ1) is 13.4. The molecule has 3 aromatic rings. The largest absolute Gasteiger partial charge is 0.494 e. The summed E-state index contributed by atoms with van der Waals surface area (Å²) < 4.78 is 20.5. The number of hydrogen-bond donors (Lipinski definition) is 0. The fourth-order valence-electron chi connectivity index (χ4n) is 2.49. The summed E-state index contributed by atoms with van der Waals surface area (Å²) in [6.45, 7) is 0. The Hall–Kier alpha value is -2.62. The summed E-state index contributed by atoms with van der Waals surface area (Å²) >= 11 is 0. The van der Waals surface area contributed by atoms with Gasteiger partial charge in [-0.2, -0.15) is 0 Å². The van der Waals surface area contributed by atoms with Crippen LogP contribution in [0.15, 0.2) is 48.7 Å². The molecule has 0 saturated heterocycles. The van der Waals surface area contributed by atoms with E-state index >= 15 is 0 Å². The van der Waals surface area contributed by atoms with Crippen molar-refractivity contribution < 1.29 is 13.9 Å². The molecule has 0 bridgehead atoms. The minimum atomic E-state index is -0.538. The summed E-state index contributed by atoms with van der Waals surface area (Å²) in [5.74, 6) is -0.610. The molecule has 0 unspecified atom stereocenters. The first-order valence-corrected chi connectivity index (χ1v) is 6.54. The predicted octanol–water partition coefficient (Wildman–Crippen LogP) is 3.56. The van der Waals surface area contributed by atoms with Crippen molar-refractivity contribution in [3.05, 3.63) is 65.6 Å². The fraction of sp³-hybridized carbons (Fsp3) is 0.118. The Morgan fingerprint density at radius 3 is 2.67 bits per heavy atom. The van der Waals surface area contributed by atoms with Crippen LogP contribution in [0.25, 0.3) is 10.9 Å². The minimum Gasteiger partial charge on any atom is -0.494 e. The third-order valence-electron chi connectivity index (χ3n) is 3.56. The average molecular weight is 283 g/mol. The number of aromatic nitrogens is 1. The summed E-state index contributed by atoms with van der Waals surface area (Å²) in [5, 5.41) is 0.862. The van der Waals surface area contributed by atoms with Crippen molar-refractivity contribution in [3.8, 4) is 5.75 Å². The zero-order valence-corrected chi connectivity index (χ0v) is 11.8. The lowest BCUT2D eigenvalue weighted by Crippen LogP contribution is -2.02. The van der Waals surface area contributed by atoms with Crippen LogP contribution in [0.4, 0.5) is 4.39 Å². The highest BCUT2D eigenvalue weighted by Crippen LogP contribution is 2.25. The number of fused-ring (bicyclic) bond motifs is 1. The number of carbonyl (C=O) groups is 1. The third kappa shape index (κ3) is 2.18. The van der Waals surface area contributed by atoms with Gasteiger partial charge in [-0.25, -0.2) is 4.39 Å². The van der Waals surface area contributed by atoms with Crippen LogP contribution < -0.4 is 4.74 Å². The Morgan fingerprint density at radius 1 is 1.19 bits per heavy atom. The molecule has 0 aliphatic heterocycles. The molecule has 3 nitrogen and oxygen atoms in total. The number of carbonyl (C=O) groups excluding carboxylic acids is 1. The normalized spacial score (nSPS) is 10.8. The van der Waals surface area contributed by atoms with Crippen molar-refractivity contribution in [1.29, 1.82) is 0 Å². The summed E-state index contributed by atoms with van der Waals surface area (Å²) in [5.41, 5.74) is 1.84. The van der Waals surface area contributed by atoms with E-state index in [4.69, 9.17) is 4.74 Å². The van der Waals surface area contributed by atoms with E-state index in [-0.39, 0.29) is 11.5 Å². The number of halogens is 1. The van der Waals surface area contributed by atoms with Gasteiger partial charge < -0.3 is 9.30 Å². The van der Waals surface area contributed by atoms with Gasteiger partial charge in [0.05, 0.1) is 7.11 Å². The van der Waals surface area contributed by atoms with E-state index in [1.54, 1.807) is 12.3 Å². The van der Waals surface area contributed by atoms with Crippen molar-refractivity contribution >= 4 is 16.7 Å². The molecule has 0 spiro atoms. The van der Waals surface area contributed by atoms with Crippen molar-refractivity contribution in [3.63, 3.8) is 0 Å². The van der Waals surface area contributed by atoms with E-state index in [9.17, 15) is 9.18 Å². The van der Waals surface area contributed by atoms with Crippen LogP contribution in [-0.2, 0) is 7.05 Å². The van der Waals surface area contributed by atoms with Crippen molar-refractivity contribution in [2.24, 2.45) is 7.05 Å². The molecule has 0 N–H and O–H groups in total. The molecule has 0 fully saturated rings. The Balaban J connectivity index is 2.10. The van der Waals surface area contributed by atoms with E-state index in [2.05, 4.69) is 0 Å². The van der Waals surface area contributed by atoms with E-state index < -0.39 is 5.82 Å².